The van der Waals surface area contributed by atoms with Gasteiger partial charge in [-0.2, -0.15) is 0 Å². The summed E-state index contributed by atoms with van der Waals surface area (Å²) in [6.45, 7) is 5.99. The Morgan fingerprint density at radius 1 is 1.21 bits per heavy atom. The first kappa shape index (κ1) is 16.9. The Morgan fingerprint density at radius 3 is 2.46 bits per heavy atom. The Morgan fingerprint density at radius 2 is 1.88 bits per heavy atom. The molecule has 1 saturated heterocycles. The molecule has 130 valence electrons. The summed E-state index contributed by atoms with van der Waals surface area (Å²) in [5.74, 6) is -0.439. The van der Waals surface area contributed by atoms with E-state index >= 15 is 0 Å². The highest BCUT2D eigenvalue weighted by Gasteiger charge is 2.31. The number of halogens is 1. The number of nitrogens with zero attached hydrogens (tertiary/aromatic N) is 2. The highest BCUT2D eigenvalue weighted by atomic mass is 19.1. The summed E-state index contributed by atoms with van der Waals surface area (Å²) in [6.07, 6.45) is 2.15. The Labute approximate surface area is 141 Å². The van der Waals surface area contributed by atoms with E-state index in [1.807, 2.05) is 6.92 Å². The van der Waals surface area contributed by atoms with Crippen molar-refractivity contribution < 1.29 is 14.0 Å². The third kappa shape index (κ3) is 3.75. The number of nitrogens with one attached hydrogen (secondary N) is 1. The molecule has 1 heterocycles. The summed E-state index contributed by atoms with van der Waals surface area (Å²) in [5.41, 5.74) is 0.915. The number of amides is 2. The largest absolute Gasteiger partial charge is 0.352 e. The van der Waals surface area contributed by atoms with E-state index in [2.05, 4.69) is 10.2 Å². The van der Waals surface area contributed by atoms with Crippen LogP contribution in [-0.2, 0) is 4.79 Å². The molecule has 24 heavy (non-hydrogen) atoms. The molecule has 3 rings (SSSR count). The molecule has 0 bridgehead atoms. The van der Waals surface area contributed by atoms with Crippen molar-refractivity contribution in [2.24, 2.45) is 0 Å². The zero-order valence-corrected chi connectivity index (χ0v) is 14.2. The van der Waals surface area contributed by atoms with Gasteiger partial charge in [0, 0.05) is 37.8 Å². The first-order chi connectivity index (χ1) is 11.5. The van der Waals surface area contributed by atoms with Gasteiger partial charge in [0.1, 0.15) is 5.82 Å². The first-order valence-electron chi connectivity index (χ1n) is 8.55. The standard InChI is InChI=1S/C18H24FN3O2/c1-12-3-4-14(11-16(12)19)18(24)22-9-7-21(8-10-22)13(2)17(23)20-15-5-6-15/h3-4,11,13,15H,5-10H2,1-2H3,(H,20,23). The Bertz CT molecular complexity index is 637. The number of hydrogen-bond acceptors (Lipinski definition) is 3. The van der Waals surface area contributed by atoms with E-state index in [1.165, 1.54) is 6.07 Å². The number of piperazine rings is 1. The maximum absolute atomic E-state index is 13.6. The molecule has 2 aliphatic rings. The lowest BCUT2D eigenvalue weighted by Gasteiger charge is -2.37. The average molecular weight is 333 g/mol. The summed E-state index contributed by atoms with van der Waals surface area (Å²) in [5, 5.41) is 3.02. The van der Waals surface area contributed by atoms with Crippen molar-refractivity contribution in [3.63, 3.8) is 0 Å². The molecule has 5 nitrogen and oxygen atoms in total. The monoisotopic (exact) mass is 333 g/mol. The highest BCUT2D eigenvalue weighted by Crippen LogP contribution is 2.19. The van der Waals surface area contributed by atoms with Gasteiger partial charge in [0.15, 0.2) is 0 Å². The third-order valence-electron chi connectivity index (χ3n) is 4.87. The number of benzene rings is 1. The van der Waals surface area contributed by atoms with Crippen LogP contribution in [0.5, 0.6) is 0 Å². The predicted molar refractivity (Wildman–Crippen MR) is 89.2 cm³/mol. The number of carbonyl (C=O) groups excluding carboxylic acids is 2. The number of hydrogen-bond donors (Lipinski definition) is 1. The summed E-state index contributed by atoms with van der Waals surface area (Å²) < 4.78 is 13.6. The number of carbonyl (C=O) groups is 2. The van der Waals surface area contributed by atoms with Gasteiger partial charge in [-0.3, -0.25) is 14.5 Å². The predicted octanol–water partition coefficient (Wildman–Crippen LogP) is 1.56. The minimum atomic E-state index is -0.357. The van der Waals surface area contributed by atoms with Crippen molar-refractivity contribution in [2.45, 2.75) is 38.8 Å². The Hall–Kier alpha value is -1.95. The lowest BCUT2D eigenvalue weighted by atomic mass is 10.1. The van der Waals surface area contributed by atoms with Crippen molar-refractivity contribution >= 4 is 11.8 Å². The maximum atomic E-state index is 13.6. The molecular weight excluding hydrogens is 309 g/mol. The van der Waals surface area contributed by atoms with Crippen LogP contribution in [0, 0.1) is 12.7 Å². The van der Waals surface area contributed by atoms with Crippen LogP contribution >= 0.6 is 0 Å². The van der Waals surface area contributed by atoms with Crippen LogP contribution in [0.1, 0.15) is 35.7 Å². The van der Waals surface area contributed by atoms with E-state index < -0.39 is 0 Å². The van der Waals surface area contributed by atoms with Gasteiger partial charge >= 0.3 is 0 Å². The molecule has 0 aromatic heterocycles. The van der Waals surface area contributed by atoms with Crippen molar-refractivity contribution in [1.82, 2.24) is 15.1 Å². The van der Waals surface area contributed by atoms with Crippen LogP contribution in [0.15, 0.2) is 18.2 Å². The second kappa shape index (κ2) is 6.89. The van der Waals surface area contributed by atoms with Gasteiger partial charge in [0.2, 0.25) is 5.91 Å². The minimum Gasteiger partial charge on any atom is -0.352 e. The first-order valence-corrected chi connectivity index (χ1v) is 8.55. The van der Waals surface area contributed by atoms with Gasteiger partial charge in [-0.25, -0.2) is 4.39 Å². The quantitative estimate of drug-likeness (QED) is 0.910. The topological polar surface area (TPSA) is 52.7 Å². The number of aryl methyl sites for hydroxylation is 1. The molecule has 0 radical (unpaired) electrons. The van der Waals surface area contributed by atoms with Gasteiger partial charge in [0.05, 0.1) is 6.04 Å². The maximum Gasteiger partial charge on any atom is 0.254 e. The fraction of sp³-hybridized carbons (Fsp3) is 0.556. The number of rotatable bonds is 4. The molecule has 6 heteroatoms. The van der Waals surface area contributed by atoms with Crippen LogP contribution in [0.4, 0.5) is 4.39 Å². The van der Waals surface area contributed by atoms with Crippen LogP contribution in [0.3, 0.4) is 0 Å². The van der Waals surface area contributed by atoms with E-state index in [0.717, 1.165) is 12.8 Å². The molecule has 1 aromatic carbocycles. The van der Waals surface area contributed by atoms with Gasteiger partial charge in [0.25, 0.3) is 5.91 Å². The summed E-state index contributed by atoms with van der Waals surface area (Å²) in [4.78, 5) is 28.4. The zero-order valence-electron chi connectivity index (χ0n) is 14.2. The van der Waals surface area contributed by atoms with Crippen LogP contribution < -0.4 is 5.32 Å². The van der Waals surface area contributed by atoms with Crippen molar-refractivity contribution in [3.05, 3.63) is 35.1 Å². The van der Waals surface area contributed by atoms with E-state index in [0.29, 0.717) is 43.3 Å². The van der Waals surface area contributed by atoms with Gasteiger partial charge in [-0.1, -0.05) is 6.07 Å². The summed E-state index contributed by atoms with van der Waals surface area (Å²) in [6, 6.07) is 4.77. The van der Waals surface area contributed by atoms with Crippen molar-refractivity contribution in [1.29, 1.82) is 0 Å². The third-order valence-corrected chi connectivity index (χ3v) is 4.87. The summed E-state index contributed by atoms with van der Waals surface area (Å²) in [7, 11) is 0. The Kier molecular flexibility index (Phi) is 4.85. The van der Waals surface area contributed by atoms with E-state index in [-0.39, 0.29) is 23.7 Å². The smallest absolute Gasteiger partial charge is 0.254 e. The lowest BCUT2D eigenvalue weighted by Crippen LogP contribution is -2.55. The molecule has 1 N–H and O–H groups in total. The van der Waals surface area contributed by atoms with Crippen molar-refractivity contribution in [2.75, 3.05) is 26.2 Å². The molecule has 2 fully saturated rings. The van der Waals surface area contributed by atoms with Crippen LogP contribution in [0.2, 0.25) is 0 Å². The average Bonchev–Trinajstić information content (AvgIpc) is 3.40. The SMILES string of the molecule is Cc1ccc(C(=O)N2CCN(C(C)C(=O)NC3CC3)CC2)cc1F. The molecule has 1 aliphatic carbocycles. The van der Waals surface area contributed by atoms with Gasteiger partial charge < -0.3 is 10.2 Å². The zero-order chi connectivity index (χ0) is 17.3. The molecule has 2 amide bonds. The second-order valence-electron chi connectivity index (χ2n) is 6.75. The fourth-order valence-corrected chi connectivity index (χ4v) is 2.94. The highest BCUT2D eigenvalue weighted by molar-refractivity contribution is 5.94. The second-order valence-corrected chi connectivity index (χ2v) is 6.75. The fourth-order valence-electron chi connectivity index (χ4n) is 2.94. The molecule has 1 saturated carbocycles. The molecule has 1 atom stereocenters. The van der Waals surface area contributed by atoms with Crippen molar-refractivity contribution in [3.8, 4) is 0 Å². The molecule has 1 aromatic rings. The lowest BCUT2D eigenvalue weighted by molar-refractivity contribution is -0.126. The van der Waals surface area contributed by atoms with Crippen LogP contribution in [-0.4, -0.2) is 59.9 Å². The molecular formula is C18H24FN3O2. The minimum absolute atomic E-state index is 0.0675. The van der Waals surface area contributed by atoms with E-state index in [1.54, 1.807) is 24.0 Å². The molecule has 1 unspecified atom stereocenters. The van der Waals surface area contributed by atoms with Gasteiger partial charge in [-0.05, 0) is 44.4 Å². The molecule has 1 aliphatic heterocycles. The Balaban J connectivity index is 1.54. The van der Waals surface area contributed by atoms with E-state index in [4.69, 9.17) is 0 Å². The van der Waals surface area contributed by atoms with Crippen LogP contribution in [0.25, 0.3) is 0 Å². The van der Waals surface area contributed by atoms with Gasteiger partial charge in [-0.15, -0.1) is 0 Å². The molecule has 0 spiro atoms. The normalized spacial score (nSPS) is 19.9. The van der Waals surface area contributed by atoms with E-state index in [9.17, 15) is 14.0 Å². The summed E-state index contributed by atoms with van der Waals surface area (Å²) >= 11 is 0.